The Hall–Kier alpha value is -4.20. The van der Waals surface area contributed by atoms with Crippen molar-refractivity contribution in [2.75, 3.05) is 26.1 Å². The fraction of sp³-hybridized carbons (Fsp3) is 0.200. The molecule has 0 aliphatic carbocycles. The molecule has 8 heteroatoms. The molecule has 0 saturated heterocycles. The molecule has 168 valence electrons. The van der Waals surface area contributed by atoms with E-state index in [0.29, 0.717) is 35.0 Å². The Labute approximate surface area is 191 Å². The molecule has 1 aliphatic heterocycles. The predicted octanol–water partition coefficient (Wildman–Crippen LogP) is 3.99. The van der Waals surface area contributed by atoms with Crippen LogP contribution >= 0.6 is 0 Å². The van der Waals surface area contributed by atoms with E-state index in [9.17, 15) is 9.59 Å². The lowest BCUT2D eigenvalue weighted by atomic mass is 10.0. The monoisotopic (exact) mass is 444 g/mol. The first-order valence-corrected chi connectivity index (χ1v) is 10.5. The normalized spacial score (nSPS) is 13.2. The molecule has 2 heterocycles. The highest BCUT2D eigenvalue weighted by atomic mass is 16.5. The van der Waals surface area contributed by atoms with Gasteiger partial charge in [0.1, 0.15) is 5.69 Å². The van der Waals surface area contributed by atoms with Crippen molar-refractivity contribution < 1.29 is 19.1 Å². The minimum Gasteiger partial charge on any atom is -0.493 e. The van der Waals surface area contributed by atoms with Gasteiger partial charge in [-0.3, -0.25) is 14.6 Å². The van der Waals surface area contributed by atoms with E-state index in [4.69, 9.17) is 9.47 Å². The maximum atomic E-state index is 13.2. The molecular weight excluding hydrogens is 420 g/mol. The van der Waals surface area contributed by atoms with Crippen molar-refractivity contribution in [1.82, 2.24) is 9.99 Å². The zero-order valence-electron chi connectivity index (χ0n) is 18.4. The van der Waals surface area contributed by atoms with Gasteiger partial charge in [-0.15, -0.1) is 0 Å². The van der Waals surface area contributed by atoms with Crippen LogP contribution in [0.4, 0.5) is 5.69 Å². The maximum Gasteiger partial charge on any atom is 0.274 e. The molecule has 33 heavy (non-hydrogen) atoms. The standard InChI is InChI=1S/C25H24N4O4/c1-32-22-12-11-17(16-23(22)33-2)20-10-6-14-29(28-20)25(31)18-7-5-8-19(15-18)27-24(30)21-9-3-4-13-26-21/h3-5,7-9,11-13,15-16H,6,10,14H2,1-2H3,(H,27,30). The number of carbonyl (C=O) groups excluding carboxylic acids is 2. The average molecular weight is 444 g/mol. The molecule has 0 atom stereocenters. The molecule has 2 aromatic carbocycles. The van der Waals surface area contributed by atoms with Crippen LogP contribution in [0.1, 0.15) is 39.3 Å². The van der Waals surface area contributed by atoms with Gasteiger partial charge in [0.05, 0.1) is 19.9 Å². The van der Waals surface area contributed by atoms with Gasteiger partial charge in [0.2, 0.25) is 0 Å². The number of nitrogens with zero attached hydrogens (tertiary/aromatic N) is 3. The van der Waals surface area contributed by atoms with Crippen LogP contribution in [0.25, 0.3) is 0 Å². The number of methoxy groups -OCH3 is 2. The Morgan fingerprint density at radius 1 is 0.970 bits per heavy atom. The Morgan fingerprint density at radius 3 is 2.58 bits per heavy atom. The van der Waals surface area contributed by atoms with E-state index >= 15 is 0 Å². The first-order valence-electron chi connectivity index (χ1n) is 10.5. The van der Waals surface area contributed by atoms with Gasteiger partial charge in [-0.05, 0) is 61.4 Å². The second-order valence-electron chi connectivity index (χ2n) is 7.40. The van der Waals surface area contributed by atoms with Gasteiger partial charge >= 0.3 is 0 Å². The summed E-state index contributed by atoms with van der Waals surface area (Å²) in [7, 11) is 3.17. The lowest BCUT2D eigenvalue weighted by Crippen LogP contribution is -2.32. The van der Waals surface area contributed by atoms with Gasteiger partial charge in [-0.2, -0.15) is 5.10 Å². The Balaban J connectivity index is 1.53. The smallest absolute Gasteiger partial charge is 0.274 e. The number of amides is 2. The molecule has 3 aromatic rings. The van der Waals surface area contributed by atoms with Crippen LogP contribution < -0.4 is 14.8 Å². The minimum atomic E-state index is -0.341. The van der Waals surface area contributed by atoms with Crippen LogP contribution in [0.2, 0.25) is 0 Å². The largest absolute Gasteiger partial charge is 0.493 e. The summed E-state index contributed by atoms with van der Waals surface area (Å²) in [6.45, 7) is 0.514. The van der Waals surface area contributed by atoms with Crippen molar-refractivity contribution >= 4 is 23.2 Å². The van der Waals surface area contributed by atoms with E-state index in [-0.39, 0.29) is 11.8 Å². The van der Waals surface area contributed by atoms with Crippen LogP contribution in [-0.4, -0.2) is 48.3 Å². The Kier molecular flexibility index (Phi) is 6.64. The molecule has 0 radical (unpaired) electrons. The molecule has 1 N–H and O–H groups in total. The number of benzene rings is 2. The summed E-state index contributed by atoms with van der Waals surface area (Å²) in [6.07, 6.45) is 3.09. The summed E-state index contributed by atoms with van der Waals surface area (Å²) in [6, 6.07) is 17.5. The maximum absolute atomic E-state index is 13.2. The molecule has 0 unspecified atom stereocenters. The topological polar surface area (TPSA) is 93.1 Å². The van der Waals surface area contributed by atoms with Gasteiger partial charge in [0.25, 0.3) is 11.8 Å². The third-order valence-electron chi connectivity index (χ3n) is 5.24. The van der Waals surface area contributed by atoms with Gasteiger partial charge in [0.15, 0.2) is 11.5 Å². The molecule has 2 amide bonds. The van der Waals surface area contributed by atoms with E-state index in [1.807, 2.05) is 18.2 Å². The van der Waals surface area contributed by atoms with Crippen molar-refractivity contribution in [2.45, 2.75) is 12.8 Å². The van der Waals surface area contributed by atoms with Crippen LogP contribution in [0.5, 0.6) is 11.5 Å². The second kappa shape index (κ2) is 9.95. The summed E-state index contributed by atoms with van der Waals surface area (Å²) >= 11 is 0. The number of rotatable bonds is 6. The number of carbonyl (C=O) groups is 2. The Morgan fingerprint density at radius 2 is 1.82 bits per heavy atom. The summed E-state index contributed by atoms with van der Waals surface area (Å²) < 4.78 is 10.7. The fourth-order valence-electron chi connectivity index (χ4n) is 3.58. The number of hydrogen-bond donors (Lipinski definition) is 1. The minimum absolute atomic E-state index is 0.235. The number of hydrogen-bond acceptors (Lipinski definition) is 6. The third-order valence-corrected chi connectivity index (χ3v) is 5.24. The quantitative estimate of drug-likeness (QED) is 0.621. The lowest BCUT2D eigenvalue weighted by molar-refractivity contribution is 0.0751. The molecule has 0 saturated carbocycles. The van der Waals surface area contributed by atoms with E-state index in [1.54, 1.807) is 62.9 Å². The molecule has 4 rings (SSSR count). The summed E-state index contributed by atoms with van der Waals surface area (Å²) in [5.74, 6) is 0.668. The fourth-order valence-corrected chi connectivity index (χ4v) is 3.58. The second-order valence-corrected chi connectivity index (χ2v) is 7.40. The van der Waals surface area contributed by atoms with Crippen LogP contribution in [0, 0.1) is 0 Å². The van der Waals surface area contributed by atoms with E-state index in [2.05, 4.69) is 15.4 Å². The molecule has 1 aliphatic rings. The van der Waals surface area contributed by atoms with Crippen molar-refractivity contribution in [3.63, 3.8) is 0 Å². The third kappa shape index (κ3) is 5.01. The summed E-state index contributed by atoms with van der Waals surface area (Å²) in [5, 5.41) is 8.85. The molecule has 0 fully saturated rings. The highest BCUT2D eigenvalue weighted by Gasteiger charge is 2.22. The molecule has 0 spiro atoms. The zero-order valence-corrected chi connectivity index (χ0v) is 18.4. The highest BCUT2D eigenvalue weighted by Crippen LogP contribution is 2.29. The average Bonchev–Trinajstić information content (AvgIpc) is 2.88. The lowest BCUT2D eigenvalue weighted by Gasteiger charge is -2.24. The van der Waals surface area contributed by atoms with Gasteiger partial charge in [0, 0.05) is 29.6 Å². The van der Waals surface area contributed by atoms with Gasteiger partial charge < -0.3 is 14.8 Å². The van der Waals surface area contributed by atoms with Crippen molar-refractivity contribution in [2.24, 2.45) is 5.10 Å². The van der Waals surface area contributed by atoms with E-state index < -0.39 is 0 Å². The van der Waals surface area contributed by atoms with Crippen molar-refractivity contribution in [3.05, 3.63) is 83.7 Å². The molecule has 8 nitrogen and oxygen atoms in total. The SMILES string of the molecule is COc1ccc(C2=NN(C(=O)c3cccc(NC(=O)c4ccccn4)c3)CCC2)cc1OC. The predicted molar refractivity (Wildman–Crippen MR) is 125 cm³/mol. The first kappa shape index (κ1) is 22.0. The summed E-state index contributed by atoms with van der Waals surface area (Å²) in [5.41, 5.74) is 2.93. The Bertz CT molecular complexity index is 1190. The van der Waals surface area contributed by atoms with Crippen LogP contribution in [0.15, 0.2) is 72.0 Å². The number of aromatic nitrogens is 1. The first-order chi connectivity index (χ1) is 16.1. The number of hydrazone groups is 1. The van der Waals surface area contributed by atoms with Crippen LogP contribution in [-0.2, 0) is 0 Å². The number of pyridine rings is 1. The van der Waals surface area contributed by atoms with E-state index in [0.717, 1.165) is 24.1 Å². The van der Waals surface area contributed by atoms with E-state index in [1.165, 1.54) is 5.01 Å². The van der Waals surface area contributed by atoms with Gasteiger partial charge in [-0.1, -0.05) is 12.1 Å². The number of ether oxygens (including phenoxy) is 2. The molecular formula is C25H24N4O4. The van der Waals surface area contributed by atoms with Crippen LogP contribution in [0.3, 0.4) is 0 Å². The zero-order chi connectivity index (χ0) is 23.2. The highest BCUT2D eigenvalue weighted by molar-refractivity contribution is 6.05. The molecule has 1 aromatic heterocycles. The van der Waals surface area contributed by atoms with Gasteiger partial charge in [-0.25, -0.2) is 5.01 Å². The number of anilines is 1. The van der Waals surface area contributed by atoms with Crippen molar-refractivity contribution in [1.29, 1.82) is 0 Å². The summed E-state index contributed by atoms with van der Waals surface area (Å²) in [4.78, 5) is 29.6. The number of nitrogens with one attached hydrogen (secondary N) is 1. The molecule has 0 bridgehead atoms. The van der Waals surface area contributed by atoms with Crippen molar-refractivity contribution in [3.8, 4) is 11.5 Å².